The molecule has 1 aromatic carbocycles. The highest BCUT2D eigenvalue weighted by Gasteiger charge is 2.34. The van der Waals surface area contributed by atoms with Gasteiger partial charge in [-0.05, 0) is 12.0 Å². The van der Waals surface area contributed by atoms with Crippen molar-refractivity contribution in [3.63, 3.8) is 0 Å². The SMILES string of the molecule is O[C@H]1[C@H](OCc2ccccc2)CCO[C@@H]1CN1CCOCC1. The molecule has 0 saturated carbocycles. The highest BCUT2D eigenvalue weighted by molar-refractivity contribution is 5.13. The van der Waals surface area contributed by atoms with Gasteiger partial charge in [0.2, 0.25) is 0 Å². The van der Waals surface area contributed by atoms with Crippen LogP contribution in [0.4, 0.5) is 0 Å². The zero-order chi connectivity index (χ0) is 15.2. The Kier molecular flexibility index (Phi) is 5.81. The molecule has 0 aromatic heterocycles. The van der Waals surface area contributed by atoms with Crippen molar-refractivity contribution in [2.45, 2.75) is 31.3 Å². The van der Waals surface area contributed by atoms with Gasteiger partial charge in [0.15, 0.2) is 0 Å². The first-order valence-electron chi connectivity index (χ1n) is 8.08. The summed E-state index contributed by atoms with van der Waals surface area (Å²) in [5, 5.41) is 10.5. The Bertz CT molecular complexity index is 436. The quantitative estimate of drug-likeness (QED) is 0.881. The van der Waals surface area contributed by atoms with E-state index in [1.165, 1.54) is 0 Å². The second-order valence-corrected chi connectivity index (χ2v) is 5.94. The molecule has 2 fully saturated rings. The third-order valence-electron chi connectivity index (χ3n) is 4.34. The maximum absolute atomic E-state index is 10.5. The standard InChI is InChI=1S/C17H25NO4/c19-17-15(22-13-14-4-2-1-3-5-14)6-9-21-16(17)12-18-7-10-20-11-8-18/h1-5,15-17,19H,6-13H2/t15-,16-,17+/m1/s1. The minimum absolute atomic E-state index is 0.153. The maximum atomic E-state index is 10.5. The van der Waals surface area contributed by atoms with Gasteiger partial charge in [-0.15, -0.1) is 0 Å². The minimum atomic E-state index is -0.569. The Labute approximate surface area is 131 Å². The second-order valence-electron chi connectivity index (χ2n) is 5.94. The van der Waals surface area contributed by atoms with Crippen LogP contribution in [0.25, 0.3) is 0 Å². The Morgan fingerprint density at radius 3 is 2.68 bits per heavy atom. The summed E-state index contributed by atoms with van der Waals surface area (Å²) in [6.07, 6.45) is -0.152. The molecular formula is C17H25NO4. The summed E-state index contributed by atoms with van der Waals surface area (Å²) in [5.41, 5.74) is 1.13. The predicted octanol–water partition coefficient (Wildman–Crippen LogP) is 1.05. The summed E-state index contributed by atoms with van der Waals surface area (Å²) in [6, 6.07) is 10.1. The van der Waals surface area contributed by atoms with E-state index in [9.17, 15) is 5.11 Å². The number of aliphatic hydroxyl groups excluding tert-OH is 1. The van der Waals surface area contributed by atoms with Crippen molar-refractivity contribution in [2.24, 2.45) is 0 Å². The zero-order valence-corrected chi connectivity index (χ0v) is 12.9. The van der Waals surface area contributed by atoms with E-state index in [4.69, 9.17) is 14.2 Å². The lowest BCUT2D eigenvalue weighted by molar-refractivity contribution is -0.165. The first kappa shape index (κ1) is 15.9. The van der Waals surface area contributed by atoms with Crippen molar-refractivity contribution in [1.82, 2.24) is 4.90 Å². The van der Waals surface area contributed by atoms with Gasteiger partial charge in [-0.2, -0.15) is 0 Å². The van der Waals surface area contributed by atoms with Crippen molar-refractivity contribution < 1.29 is 19.3 Å². The highest BCUT2D eigenvalue weighted by Crippen LogP contribution is 2.20. The van der Waals surface area contributed by atoms with Crippen LogP contribution < -0.4 is 0 Å². The highest BCUT2D eigenvalue weighted by atomic mass is 16.5. The molecule has 2 saturated heterocycles. The van der Waals surface area contributed by atoms with E-state index >= 15 is 0 Å². The monoisotopic (exact) mass is 307 g/mol. The second kappa shape index (κ2) is 8.04. The van der Waals surface area contributed by atoms with Gasteiger partial charge in [-0.1, -0.05) is 30.3 Å². The van der Waals surface area contributed by atoms with E-state index in [0.29, 0.717) is 13.2 Å². The molecule has 1 N–H and O–H groups in total. The zero-order valence-electron chi connectivity index (χ0n) is 12.9. The van der Waals surface area contributed by atoms with Gasteiger partial charge in [0.1, 0.15) is 6.10 Å². The topological polar surface area (TPSA) is 51.2 Å². The molecule has 2 aliphatic rings. The fourth-order valence-electron chi connectivity index (χ4n) is 3.00. The molecule has 5 nitrogen and oxygen atoms in total. The summed E-state index contributed by atoms with van der Waals surface area (Å²) in [5.74, 6) is 0. The number of benzene rings is 1. The van der Waals surface area contributed by atoms with Gasteiger partial charge in [-0.25, -0.2) is 0 Å². The predicted molar refractivity (Wildman–Crippen MR) is 82.6 cm³/mol. The third kappa shape index (κ3) is 4.27. The number of ether oxygens (including phenoxy) is 3. The Balaban J connectivity index is 1.49. The Morgan fingerprint density at radius 1 is 1.14 bits per heavy atom. The lowest BCUT2D eigenvalue weighted by Crippen LogP contribution is -2.52. The molecule has 3 rings (SSSR count). The van der Waals surface area contributed by atoms with Gasteiger partial charge in [0.25, 0.3) is 0 Å². The Morgan fingerprint density at radius 2 is 1.91 bits per heavy atom. The van der Waals surface area contributed by atoms with Crippen molar-refractivity contribution in [1.29, 1.82) is 0 Å². The summed E-state index contributed by atoms with van der Waals surface area (Å²) in [6.45, 7) is 5.26. The van der Waals surface area contributed by atoms with Crippen molar-refractivity contribution >= 4 is 0 Å². The average Bonchev–Trinajstić information content (AvgIpc) is 2.58. The summed E-state index contributed by atoms with van der Waals surface area (Å²) >= 11 is 0. The molecule has 0 spiro atoms. The number of hydrogen-bond acceptors (Lipinski definition) is 5. The van der Waals surface area contributed by atoms with E-state index in [2.05, 4.69) is 4.90 Å². The summed E-state index contributed by atoms with van der Waals surface area (Å²) in [4.78, 5) is 2.29. The molecule has 3 atom stereocenters. The van der Waals surface area contributed by atoms with Crippen LogP contribution in [-0.4, -0.2) is 67.8 Å². The molecule has 2 aliphatic heterocycles. The number of nitrogens with zero attached hydrogens (tertiary/aromatic N) is 1. The molecule has 1 aromatic rings. The number of rotatable bonds is 5. The first-order valence-corrected chi connectivity index (χ1v) is 8.08. The lowest BCUT2D eigenvalue weighted by atomic mass is 10.0. The molecule has 22 heavy (non-hydrogen) atoms. The molecule has 0 unspecified atom stereocenters. The fraction of sp³-hybridized carbons (Fsp3) is 0.647. The van der Waals surface area contributed by atoms with Crippen LogP contribution >= 0.6 is 0 Å². The van der Waals surface area contributed by atoms with E-state index < -0.39 is 6.10 Å². The maximum Gasteiger partial charge on any atom is 0.108 e. The van der Waals surface area contributed by atoms with Crippen molar-refractivity contribution in [3.8, 4) is 0 Å². The number of morpholine rings is 1. The van der Waals surface area contributed by atoms with Crippen LogP contribution in [0.2, 0.25) is 0 Å². The van der Waals surface area contributed by atoms with E-state index in [0.717, 1.165) is 44.8 Å². The van der Waals surface area contributed by atoms with Crippen LogP contribution in [-0.2, 0) is 20.8 Å². The lowest BCUT2D eigenvalue weighted by Gasteiger charge is -2.38. The number of hydrogen-bond donors (Lipinski definition) is 1. The molecule has 5 heteroatoms. The van der Waals surface area contributed by atoms with Gasteiger partial charge < -0.3 is 19.3 Å². The molecule has 0 aliphatic carbocycles. The van der Waals surface area contributed by atoms with Crippen LogP contribution in [0, 0.1) is 0 Å². The molecule has 122 valence electrons. The minimum Gasteiger partial charge on any atom is -0.388 e. The van der Waals surface area contributed by atoms with Gasteiger partial charge >= 0.3 is 0 Å². The Hall–Kier alpha value is -0.980. The smallest absolute Gasteiger partial charge is 0.108 e. The molecular weight excluding hydrogens is 282 g/mol. The van der Waals surface area contributed by atoms with Crippen LogP contribution in [0.1, 0.15) is 12.0 Å². The van der Waals surface area contributed by atoms with Crippen LogP contribution in [0.5, 0.6) is 0 Å². The molecule has 0 radical (unpaired) electrons. The molecule has 0 bridgehead atoms. The largest absolute Gasteiger partial charge is 0.388 e. The number of aliphatic hydroxyl groups is 1. The summed E-state index contributed by atoms with van der Waals surface area (Å²) < 4.78 is 17.0. The van der Waals surface area contributed by atoms with E-state index in [1.807, 2.05) is 30.3 Å². The van der Waals surface area contributed by atoms with E-state index in [-0.39, 0.29) is 12.2 Å². The first-order chi connectivity index (χ1) is 10.8. The van der Waals surface area contributed by atoms with Gasteiger partial charge in [-0.3, -0.25) is 4.90 Å². The average molecular weight is 307 g/mol. The van der Waals surface area contributed by atoms with Gasteiger partial charge in [0, 0.05) is 26.2 Å². The van der Waals surface area contributed by atoms with Crippen LogP contribution in [0.3, 0.4) is 0 Å². The van der Waals surface area contributed by atoms with Crippen molar-refractivity contribution in [3.05, 3.63) is 35.9 Å². The molecule has 0 amide bonds. The third-order valence-corrected chi connectivity index (χ3v) is 4.34. The fourth-order valence-corrected chi connectivity index (χ4v) is 3.00. The van der Waals surface area contributed by atoms with Crippen molar-refractivity contribution in [2.75, 3.05) is 39.5 Å². The van der Waals surface area contributed by atoms with E-state index in [1.54, 1.807) is 0 Å². The van der Waals surface area contributed by atoms with Crippen LogP contribution in [0.15, 0.2) is 30.3 Å². The normalized spacial score (nSPS) is 30.3. The van der Waals surface area contributed by atoms with Gasteiger partial charge in [0.05, 0.1) is 32.0 Å². The molecule has 2 heterocycles. The summed E-state index contributed by atoms with van der Waals surface area (Å²) in [7, 11) is 0.